The summed E-state index contributed by atoms with van der Waals surface area (Å²) in [5, 5.41) is 16.5. The van der Waals surface area contributed by atoms with Gasteiger partial charge in [-0.15, -0.1) is 0 Å². The highest BCUT2D eigenvalue weighted by atomic mass is 16.3. The number of aromatic nitrogens is 2. The van der Waals surface area contributed by atoms with Crippen molar-refractivity contribution in [2.24, 2.45) is 7.05 Å². The second-order valence-electron chi connectivity index (χ2n) is 5.67. The van der Waals surface area contributed by atoms with Crippen LogP contribution >= 0.6 is 0 Å². The monoisotopic (exact) mass is 300 g/mol. The first-order valence-electron chi connectivity index (χ1n) is 7.41. The molecule has 1 aliphatic rings. The van der Waals surface area contributed by atoms with Crippen molar-refractivity contribution >= 4 is 11.8 Å². The van der Waals surface area contributed by atoms with E-state index in [1.54, 1.807) is 23.0 Å². The van der Waals surface area contributed by atoms with Crippen molar-refractivity contribution < 1.29 is 9.90 Å². The Morgan fingerprint density at radius 1 is 1.36 bits per heavy atom. The van der Waals surface area contributed by atoms with Crippen LogP contribution in [0.25, 0.3) is 0 Å². The lowest BCUT2D eigenvalue weighted by Gasteiger charge is -2.25. The van der Waals surface area contributed by atoms with Crippen LogP contribution in [-0.4, -0.2) is 32.4 Å². The number of aryl methyl sites for hydroxylation is 2. The largest absolute Gasteiger partial charge is 0.508 e. The molecular weight excluding hydrogens is 280 g/mol. The van der Waals surface area contributed by atoms with E-state index in [0.717, 1.165) is 36.3 Å². The van der Waals surface area contributed by atoms with Gasteiger partial charge < -0.3 is 10.0 Å². The first kappa shape index (κ1) is 14.4. The molecule has 2 N–H and O–H groups in total. The fraction of sp³-hybridized carbons (Fsp3) is 0.375. The Kier molecular flexibility index (Phi) is 3.75. The van der Waals surface area contributed by atoms with Crippen LogP contribution in [0.15, 0.2) is 30.5 Å². The smallest absolute Gasteiger partial charge is 0.323 e. The molecule has 6 heteroatoms. The van der Waals surface area contributed by atoms with Crippen LogP contribution in [0.4, 0.5) is 10.6 Å². The van der Waals surface area contributed by atoms with Gasteiger partial charge in [0.2, 0.25) is 0 Å². The molecule has 0 saturated carbocycles. The topological polar surface area (TPSA) is 70.4 Å². The van der Waals surface area contributed by atoms with E-state index >= 15 is 0 Å². The first-order valence-corrected chi connectivity index (χ1v) is 7.41. The highest BCUT2D eigenvalue weighted by Crippen LogP contribution is 2.33. The standard InChI is InChI=1S/C16H20N4O2/c1-11-10-17-19(2)15(11)18-16(22)20-9-3-4-14(20)12-5-7-13(21)8-6-12/h5-8,10,14,21H,3-4,9H2,1-2H3,(H,18,22). The molecule has 1 atom stereocenters. The molecule has 2 heterocycles. The molecule has 0 spiro atoms. The Balaban J connectivity index is 1.78. The number of phenols is 1. The fourth-order valence-corrected chi connectivity index (χ4v) is 2.95. The van der Waals surface area contributed by atoms with Gasteiger partial charge in [-0.1, -0.05) is 12.1 Å². The molecule has 1 saturated heterocycles. The predicted molar refractivity (Wildman–Crippen MR) is 83.8 cm³/mol. The van der Waals surface area contributed by atoms with Crippen LogP contribution in [0.5, 0.6) is 5.75 Å². The van der Waals surface area contributed by atoms with Gasteiger partial charge in [0.1, 0.15) is 11.6 Å². The molecule has 1 unspecified atom stereocenters. The predicted octanol–water partition coefficient (Wildman–Crippen LogP) is 2.80. The Labute approximate surface area is 129 Å². The normalized spacial score (nSPS) is 17.7. The SMILES string of the molecule is Cc1cnn(C)c1NC(=O)N1CCCC1c1ccc(O)cc1. The molecule has 1 aromatic heterocycles. The van der Waals surface area contributed by atoms with Gasteiger partial charge in [-0.05, 0) is 37.5 Å². The second kappa shape index (κ2) is 5.71. The van der Waals surface area contributed by atoms with E-state index in [-0.39, 0.29) is 17.8 Å². The summed E-state index contributed by atoms with van der Waals surface area (Å²) in [6.45, 7) is 2.65. The van der Waals surface area contributed by atoms with Crippen LogP contribution in [0, 0.1) is 6.92 Å². The zero-order valence-electron chi connectivity index (χ0n) is 12.8. The van der Waals surface area contributed by atoms with Crippen LogP contribution in [-0.2, 0) is 7.05 Å². The summed E-state index contributed by atoms with van der Waals surface area (Å²) >= 11 is 0. The number of carbonyl (C=O) groups excluding carboxylic acids is 1. The van der Waals surface area contributed by atoms with Crippen LogP contribution in [0.2, 0.25) is 0 Å². The fourth-order valence-electron chi connectivity index (χ4n) is 2.95. The Bertz CT molecular complexity index is 658. The Morgan fingerprint density at radius 3 is 2.73 bits per heavy atom. The van der Waals surface area contributed by atoms with Crippen molar-refractivity contribution in [3.8, 4) is 5.75 Å². The Morgan fingerprint density at radius 2 is 2.09 bits per heavy atom. The summed E-state index contributed by atoms with van der Waals surface area (Å²) in [6.07, 6.45) is 3.64. The highest BCUT2D eigenvalue weighted by Gasteiger charge is 2.30. The van der Waals surface area contributed by atoms with Gasteiger partial charge in [-0.25, -0.2) is 4.79 Å². The maximum Gasteiger partial charge on any atom is 0.323 e. The minimum atomic E-state index is -0.109. The number of hydrogen-bond acceptors (Lipinski definition) is 3. The van der Waals surface area contributed by atoms with Gasteiger partial charge in [0.15, 0.2) is 0 Å². The molecule has 6 nitrogen and oxygen atoms in total. The molecule has 1 aromatic carbocycles. The van der Waals surface area contributed by atoms with Crippen LogP contribution in [0.3, 0.4) is 0 Å². The minimum absolute atomic E-state index is 0.0501. The van der Waals surface area contributed by atoms with Crippen molar-refractivity contribution in [3.05, 3.63) is 41.6 Å². The van der Waals surface area contributed by atoms with Gasteiger partial charge in [0.05, 0.1) is 12.2 Å². The van der Waals surface area contributed by atoms with Gasteiger partial charge in [-0.3, -0.25) is 10.00 Å². The molecule has 0 aliphatic carbocycles. The summed E-state index contributed by atoms with van der Waals surface area (Å²) in [5.41, 5.74) is 1.99. The van der Waals surface area contributed by atoms with E-state index < -0.39 is 0 Å². The molecule has 2 aromatic rings. The van der Waals surface area contributed by atoms with Gasteiger partial charge in [0.25, 0.3) is 0 Å². The molecule has 2 amide bonds. The number of rotatable bonds is 2. The van der Waals surface area contributed by atoms with Crippen molar-refractivity contribution in [3.63, 3.8) is 0 Å². The molecule has 1 aliphatic heterocycles. The number of urea groups is 1. The van der Waals surface area contributed by atoms with Crippen LogP contribution < -0.4 is 5.32 Å². The summed E-state index contributed by atoms with van der Waals surface area (Å²) in [4.78, 5) is 14.4. The number of carbonyl (C=O) groups is 1. The summed E-state index contributed by atoms with van der Waals surface area (Å²) < 4.78 is 1.67. The maximum atomic E-state index is 12.6. The number of amides is 2. The lowest BCUT2D eigenvalue weighted by Crippen LogP contribution is -2.35. The number of nitrogens with zero attached hydrogens (tertiary/aromatic N) is 3. The van der Waals surface area contributed by atoms with Crippen molar-refractivity contribution in [2.75, 3.05) is 11.9 Å². The average molecular weight is 300 g/mol. The third kappa shape index (κ3) is 2.64. The molecule has 1 fully saturated rings. The van der Waals surface area contributed by atoms with E-state index in [1.807, 2.05) is 31.0 Å². The van der Waals surface area contributed by atoms with Gasteiger partial charge >= 0.3 is 6.03 Å². The quantitative estimate of drug-likeness (QED) is 0.896. The summed E-state index contributed by atoms with van der Waals surface area (Å²) in [6, 6.07) is 7.02. The van der Waals surface area contributed by atoms with E-state index in [4.69, 9.17) is 0 Å². The van der Waals surface area contributed by atoms with Crippen molar-refractivity contribution in [2.45, 2.75) is 25.8 Å². The molecule has 0 radical (unpaired) electrons. The van der Waals surface area contributed by atoms with Crippen LogP contribution in [0.1, 0.15) is 30.0 Å². The van der Waals surface area contributed by atoms with E-state index in [0.29, 0.717) is 0 Å². The first-order chi connectivity index (χ1) is 10.6. The Hall–Kier alpha value is -2.50. The number of nitrogens with one attached hydrogen (secondary N) is 1. The summed E-state index contributed by atoms with van der Waals surface area (Å²) in [7, 11) is 1.81. The number of hydrogen-bond donors (Lipinski definition) is 2. The molecule has 116 valence electrons. The maximum absolute atomic E-state index is 12.6. The lowest BCUT2D eigenvalue weighted by atomic mass is 10.0. The third-order valence-corrected chi connectivity index (χ3v) is 4.14. The number of anilines is 1. The second-order valence-corrected chi connectivity index (χ2v) is 5.67. The molecular formula is C16H20N4O2. The average Bonchev–Trinajstić information content (AvgIpc) is 3.10. The number of benzene rings is 1. The molecule has 3 rings (SSSR count). The highest BCUT2D eigenvalue weighted by molar-refractivity contribution is 5.89. The zero-order chi connectivity index (χ0) is 15.7. The van der Waals surface area contributed by atoms with Gasteiger partial charge in [-0.2, -0.15) is 5.10 Å². The van der Waals surface area contributed by atoms with E-state index in [2.05, 4.69) is 10.4 Å². The van der Waals surface area contributed by atoms with Crippen molar-refractivity contribution in [1.29, 1.82) is 0 Å². The van der Waals surface area contributed by atoms with E-state index in [1.165, 1.54) is 0 Å². The molecule has 0 bridgehead atoms. The third-order valence-electron chi connectivity index (χ3n) is 4.14. The van der Waals surface area contributed by atoms with E-state index in [9.17, 15) is 9.90 Å². The number of likely N-dealkylation sites (tertiary alicyclic amines) is 1. The molecule has 22 heavy (non-hydrogen) atoms. The minimum Gasteiger partial charge on any atom is -0.508 e. The van der Waals surface area contributed by atoms with Crippen molar-refractivity contribution in [1.82, 2.24) is 14.7 Å². The number of aromatic hydroxyl groups is 1. The van der Waals surface area contributed by atoms with Gasteiger partial charge in [0, 0.05) is 19.2 Å². The zero-order valence-corrected chi connectivity index (χ0v) is 12.8. The number of phenolic OH excluding ortho intramolecular Hbond substituents is 1. The lowest BCUT2D eigenvalue weighted by molar-refractivity contribution is 0.207. The summed E-state index contributed by atoms with van der Waals surface area (Å²) in [5.74, 6) is 0.963.